The van der Waals surface area contributed by atoms with E-state index in [0.29, 0.717) is 0 Å². The average Bonchev–Trinajstić information content (AvgIpc) is 2.50. The minimum Gasteiger partial charge on any atom is -0.444 e. The second kappa shape index (κ2) is 8.97. The molecule has 5 nitrogen and oxygen atoms in total. The maximum absolute atomic E-state index is 12.1. The number of carbonyl (C=O) groups is 2. The molecule has 0 aliphatic rings. The highest BCUT2D eigenvalue weighted by atomic mass is 16.6. The summed E-state index contributed by atoms with van der Waals surface area (Å²) in [6, 6.07) is 7.42. The first-order valence-electron chi connectivity index (χ1n) is 8.04. The van der Waals surface area contributed by atoms with E-state index in [2.05, 4.69) is 22.5 Å². The van der Waals surface area contributed by atoms with Crippen LogP contribution in [-0.4, -0.2) is 24.1 Å². The second-order valence-corrected chi connectivity index (χ2v) is 6.34. The van der Waals surface area contributed by atoms with Crippen molar-refractivity contribution >= 4 is 12.0 Å². The lowest BCUT2D eigenvalue weighted by Crippen LogP contribution is -2.40. The van der Waals surface area contributed by atoms with Gasteiger partial charge in [0.2, 0.25) is 0 Å². The lowest BCUT2D eigenvalue weighted by molar-refractivity contribution is -0.115. The Hall–Kier alpha value is -2.48. The predicted molar refractivity (Wildman–Crippen MR) is 94.4 cm³/mol. The van der Waals surface area contributed by atoms with Crippen LogP contribution in [0.3, 0.4) is 0 Å². The number of aryl methyl sites for hydroxylation is 1. The fourth-order valence-electron chi connectivity index (χ4n) is 2.24. The summed E-state index contributed by atoms with van der Waals surface area (Å²) < 4.78 is 5.33. The number of carbonyl (C=O) groups excluding carboxylic acids is 2. The normalized spacial score (nSPS) is 11.7. The van der Waals surface area contributed by atoms with Crippen LogP contribution >= 0.6 is 0 Å². The Morgan fingerprint density at radius 3 is 2.50 bits per heavy atom. The molecule has 0 heterocycles. The van der Waals surface area contributed by atoms with Crippen LogP contribution in [0.1, 0.15) is 51.8 Å². The lowest BCUT2D eigenvalue weighted by atomic mass is 9.98. The van der Waals surface area contributed by atoms with E-state index < -0.39 is 17.7 Å². The molecule has 2 N–H and O–H groups in total. The number of alkyl carbamates (subject to hydrolysis) is 1. The van der Waals surface area contributed by atoms with Crippen molar-refractivity contribution in [1.82, 2.24) is 10.6 Å². The lowest BCUT2D eigenvalue weighted by Gasteiger charge is -2.25. The Morgan fingerprint density at radius 2 is 1.92 bits per heavy atom. The van der Waals surface area contributed by atoms with E-state index in [9.17, 15) is 9.59 Å². The van der Waals surface area contributed by atoms with Crippen molar-refractivity contribution < 1.29 is 14.3 Å². The topological polar surface area (TPSA) is 67.4 Å². The molecular formula is C19H26N2O3. The number of nitrogens with one attached hydrogen (secondary N) is 2. The van der Waals surface area contributed by atoms with Crippen LogP contribution in [0.4, 0.5) is 4.79 Å². The van der Waals surface area contributed by atoms with Gasteiger partial charge >= 0.3 is 6.09 Å². The van der Waals surface area contributed by atoms with Gasteiger partial charge in [0.1, 0.15) is 5.60 Å². The number of amides is 2. The van der Waals surface area contributed by atoms with E-state index in [1.54, 1.807) is 27.7 Å². The Bertz CT molecular complexity index is 636. The van der Waals surface area contributed by atoms with E-state index in [1.807, 2.05) is 31.2 Å². The maximum atomic E-state index is 12.1. The third-order valence-electron chi connectivity index (χ3n) is 3.21. The molecule has 24 heavy (non-hydrogen) atoms. The molecule has 1 aromatic rings. The van der Waals surface area contributed by atoms with Crippen molar-refractivity contribution in [3.05, 3.63) is 35.4 Å². The zero-order valence-electron chi connectivity index (χ0n) is 15.0. The molecule has 0 bridgehead atoms. The van der Waals surface area contributed by atoms with Crippen LogP contribution in [-0.2, 0) is 16.0 Å². The highest BCUT2D eigenvalue weighted by Gasteiger charge is 2.22. The minimum absolute atomic E-state index is 0.240. The van der Waals surface area contributed by atoms with E-state index in [4.69, 9.17) is 4.74 Å². The maximum Gasteiger partial charge on any atom is 0.408 e. The van der Waals surface area contributed by atoms with Gasteiger partial charge in [0.25, 0.3) is 5.91 Å². The first-order valence-corrected chi connectivity index (χ1v) is 8.04. The van der Waals surface area contributed by atoms with Crippen molar-refractivity contribution in [3.63, 3.8) is 0 Å². The van der Waals surface area contributed by atoms with Crippen molar-refractivity contribution in [2.45, 2.75) is 52.7 Å². The highest BCUT2D eigenvalue weighted by molar-refractivity contribution is 5.93. The second-order valence-electron chi connectivity index (χ2n) is 6.34. The summed E-state index contributed by atoms with van der Waals surface area (Å²) in [6.07, 6.45) is 0.306. The van der Waals surface area contributed by atoms with Gasteiger partial charge < -0.3 is 15.4 Å². The van der Waals surface area contributed by atoms with E-state index >= 15 is 0 Å². The summed E-state index contributed by atoms with van der Waals surface area (Å²) in [5.41, 5.74) is 1.47. The molecule has 1 rings (SSSR count). The van der Waals surface area contributed by atoms with Crippen LogP contribution in [0.5, 0.6) is 0 Å². The van der Waals surface area contributed by atoms with Crippen LogP contribution in [0.25, 0.3) is 0 Å². The molecule has 1 unspecified atom stereocenters. The van der Waals surface area contributed by atoms with Crippen molar-refractivity contribution in [1.29, 1.82) is 0 Å². The first kappa shape index (κ1) is 19.6. The molecule has 0 aromatic heterocycles. The SMILES string of the molecule is CC#CC(=O)NCC(NC(=O)OC(C)(C)C)c1ccccc1CC. The van der Waals surface area contributed by atoms with Crippen LogP contribution in [0, 0.1) is 11.8 Å². The van der Waals surface area contributed by atoms with Gasteiger partial charge in [-0.2, -0.15) is 0 Å². The summed E-state index contributed by atoms with van der Waals surface area (Å²) in [4.78, 5) is 23.8. The van der Waals surface area contributed by atoms with Crippen molar-refractivity contribution in [2.24, 2.45) is 0 Å². The molecule has 1 aromatic carbocycles. The van der Waals surface area contributed by atoms with Gasteiger partial charge in [0, 0.05) is 6.54 Å². The minimum atomic E-state index is -0.587. The van der Waals surface area contributed by atoms with Gasteiger partial charge in [-0.05, 0) is 51.2 Å². The quantitative estimate of drug-likeness (QED) is 0.816. The van der Waals surface area contributed by atoms with Crippen LogP contribution in [0.2, 0.25) is 0 Å². The molecule has 5 heteroatoms. The number of benzene rings is 1. The predicted octanol–water partition coefficient (Wildman–Crippen LogP) is 2.95. The summed E-state index contributed by atoms with van der Waals surface area (Å²) in [6.45, 7) is 9.30. The summed E-state index contributed by atoms with van der Waals surface area (Å²) in [5.74, 6) is 4.61. The molecule has 0 aliphatic carbocycles. The van der Waals surface area contributed by atoms with Crippen LogP contribution in [0.15, 0.2) is 24.3 Å². The largest absolute Gasteiger partial charge is 0.444 e. The Kier molecular flexibility index (Phi) is 7.31. The third kappa shape index (κ3) is 6.74. The molecule has 0 radical (unpaired) electrons. The van der Waals surface area contributed by atoms with Gasteiger partial charge in [0.05, 0.1) is 6.04 Å². The number of rotatable bonds is 5. The average molecular weight is 330 g/mol. The van der Waals surface area contributed by atoms with Crippen LogP contribution < -0.4 is 10.6 Å². The Labute approximate surface area is 144 Å². The van der Waals surface area contributed by atoms with Crippen molar-refractivity contribution in [3.8, 4) is 11.8 Å². The summed E-state index contributed by atoms with van der Waals surface area (Å²) in [5, 5.41) is 5.56. The first-order chi connectivity index (χ1) is 11.3. The van der Waals surface area contributed by atoms with Gasteiger partial charge in [-0.15, -0.1) is 0 Å². The molecule has 0 fully saturated rings. The molecule has 1 atom stereocenters. The molecule has 0 saturated heterocycles. The molecule has 0 spiro atoms. The monoisotopic (exact) mass is 330 g/mol. The summed E-state index contributed by atoms with van der Waals surface area (Å²) >= 11 is 0. The Morgan fingerprint density at radius 1 is 1.25 bits per heavy atom. The van der Waals surface area contributed by atoms with E-state index in [0.717, 1.165) is 17.5 Å². The molecule has 130 valence electrons. The zero-order valence-corrected chi connectivity index (χ0v) is 15.0. The standard InChI is InChI=1S/C19H26N2O3/c1-6-10-17(22)20-13-16(21-18(23)24-19(3,4)5)15-12-9-8-11-14(15)7-2/h8-9,11-12,16H,7,13H2,1-5H3,(H,20,22)(H,21,23). The van der Waals surface area contributed by atoms with Gasteiger partial charge in [0.15, 0.2) is 0 Å². The fraction of sp³-hybridized carbons (Fsp3) is 0.474. The van der Waals surface area contributed by atoms with Gasteiger partial charge in [-0.1, -0.05) is 37.1 Å². The van der Waals surface area contributed by atoms with Gasteiger partial charge in [-0.25, -0.2) is 4.79 Å². The Balaban J connectivity index is 2.95. The molecule has 2 amide bonds. The van der Waals surface area contributed by atoms with E-state index in [-0.39, 0.29) is 12.5 Å². The zero-order chi connectivity index (χ0) is 18.2. The van der Waals surface area contributed by atoms with E-state index in [1.165, 1.54) is 0 Å². The molecule has 0 saturated carbocycles. The number of hydrogen-bond acceptors (Lipinski definition) is 3. The molecule has 0 aliphatic heterocycles. The fourth-order valence-corrected chi connectivity index (χ4v) is 2.24. The summed E-state index contributed by atoms with van der Waals surface area (Å²) in [7, 11) is 0. The van der Waals surface area contributed by atoms with Crippen molar-refractivity contribution in [2.75, 3.05) is 6.54 Å². The molecular weight excluding hydrogens is 304 g/mol. The smallest absolute Gasteiger partial charge is 0.408 e. The number of ether oxygens (including phenoxy) is 1. The van der Waals surface area contributed by atoms with Gasteiger partial charge in [-0.3, -0.25) is 4.79 Å². The third-order valence-corrected chi connectivity index (χ3v) is 3.21. The highest BCUT2D eigenvalue weighted by Crippen LogP contribution is 2.19. The number of hydrogen-bond donors (Lipinski definition) is 2.